The quantitative estimate of drug-likeness (QED) is 0.568. The van der Waals surface area contributed by atoms with Gasteiger partial charge in [0.2, 0.25) is 0 Å². The molecule has 2 rings (SSSR count). The van der Waals surface area contributed by atoms with Crippen LogP contribution in [0.4, 0.5) is 0 Å². The Morgan fingerprint density at radius 1 is 1.12 bits per heavy atom. The van der Waals surface area contributed by atoms with E-state index in [4.69, 9.17) is 11.6 Å². The maximum absolute atomic E-state index is 10.3. The highest BCUT2D eigenvalue weighted by atomic mass is 35.5. The van der Waals surface area contributed by atoms with E-state index >= 15 is 0 Å². The number of benzene rings is 1. The van der Waals surface area contributed by atoms with Crippen molar-refractivity contribution in [2.24, 2.45) is 0 Å². The fourth-order valence-corrected chi connectivity index (χ4v) is 2.68. The standard InChI is InChI=1S/C15H17ClO/c16-15(10-11-17)14-8-6-13(7-9-14)12-4-2-1-3-5-12/h6-12H,1-5H2. The van der Waals surface area contributed by atoms with Gasteiger partial charge in [-0.1, -0.05) is 55.1 Å². The molecule has 17 heavy (non-hydrogen) atoms. The number of allylic oxidation sites excluding steroid dienone is 1. The second kappa shape index (κ2) is 6.02. The Kier molecular flexibility index (Phi) is 4.38. The van der Waals surface area contributed by atoms with Crippen LogP contribution in [0.1, 0.15) is 49.1 Å². The molecule has 1 aromatic carbocycles. The van der Waals surface area contributed by atoms with Crippen molar-refractivity contribution in [3.63, 3.8) is 0 Å². The van der Waals surface area contributed by atoms with E-state index in [-0.39, 0.29) is 0 Å². The van der Waals surface area contributed by atoms with Crippen LogP contribution in [-0.4, -0.2) is 6.29 Å². The zero-order valence-corrected chi connectivity index (χ0v) is 10.6. The van der Waals surface area contributed by atoms with Gasteiger partial charge in [0.25, 0.3) is 0 Å². The molecular formula is C15H17ClO. The van der Waals surface area contributed by atoms with E-state index < -0.39 is 0 Å². The summed E-state index contributed by atoms with van der Waals surface area (Å²) in [5.41, 5.74) is 2.32. The van der Waals surface area contributed by atoms with Gasteiger partial charge in [0.15, 0.2) is 0 Å². The number of rotatable bonds is 3. The van der Waals surface area contributed by atoms with Crippen molar-refractivity contribution < 1.29 is 4.79 Å². The van der Waals surface area contributed by atoms with Crippen LogP contribution in [0.15, 0.2) is 30.3 Å². The largest absolute Gasteiger partial charge is 0.299 e. The highest BCUT2D eigenvalue weighted by Crippen LogP contribution is 2.33. The summed E-state index contributed by atoms with van der Waals surface area (Å²) in [6.07, 6.45) is 8.78. The van der Waals surface area contributed by atoms with Gasteiger partial charge in [0.1, 0.15) is 6.29 Å². The molecule has 0 atom stereocenters. The smallest absolute Gasteiger partial charge is 0.144 e. The van der Waals surface area contributed by atoms with Crippen molar-refractivity contribution in [1.29, 1.82) is 0 Å². The number of halogens is 1. The molecule has 0 spiro atoms. The molecule has 0 aliphatic heterocycles. The normalized spacial score (nSPS) is 18.1. The number of carbonyl (C=O) groups excluding carboxylic acids is 1. The van der Waals surface area contributed by atoms with Gasteiger partial charge >= 0.3 is 0 Å². The SMILES string of the molecule is O=CC=C(Cl)c1ccc(C2CCCCC2)cc1. The van der Waals surface area contributed by atoms with Crippen molar-refractivity contribution in [3.05, 3.63) is 41.5 Å². The van der Waals surface area contributed by atoms with Crippen LogP contribution in [0.3, 0.4) is 0 Å². The molecule has 0 unspecified atom stereocenters. The molecule has 0 radical (unpaired) electrons. The van der Waals surface area contributed by atoms with E-state index in [1.54, 1.807) is 0 Å². The molecule has 2 heteroatoms. The van der Waals surface area contributed by atoms with E-state index in [1.807, 2.05) is 12.1 Å². The van der Waals surface area contributed by atoms with Gasteiger partial charge in [-0.2, -0.15) is 0 Å². The van der Waals surface area contributed by atoms with Gasteiger partial charge in [-0.25, -0.2) is 0 Å². The lowest BCUT2D eigenvalue weighted by Gasteiger charge is -2.22. The minimum Gasteiger partial charge on any atom is -0.299 e. The van der Waals surface area contributed by atoms with Gasteiger partial charge in [-0.05, 0) is 36.0 Å². The first-order chi connectivity index (χ1) is 8.31. The van der Waals surface area contributed by atoms with Crippen LogP contribution in [-0.2, 0) is 4.79 Å². The Hall–Kier alpha value is -1.08. The van der Waals surface area contributed by atoms with Gasteiger partial charge in [-0.15, -0.1) is 0 Å². The molecule has 1 aromatic rings. The van der Waals surface area contributed by atoms with Crippen LogP contribution in [0, 0.1) is 0 Å². The predicted molar refractivity (Wildman–Crippen MR) is 72.2 cm³/mol. The molecule has 0 aromatic heterocycles. The van der Waals surface area contributed by atoms with E-state index in [0.717, 1.165) is 11.8 Å². The van der Waals surface area contributed by atoms with Crippen LogP contribution >= 0.6 is 11.6 Å². The van der Waals surface area contributed by atoms with Crippen LogP contribution in [0.2, 0.25) is 0 Å². The minimum absolute atomic E-state index is 0.509. The van der Waals surface area contributed by atoms with Crippen molar-refractivity contribution in [2.75, 3.05) is 0 Å². The number of hydrogen-bond donors (Lipinski definition) is 0. The molecule has 90 valence electrons. The second-order valence-corrected chi connectivity index (χ2v) is 5.01. The molecule has 1 aliphatic rings. The summed E-state index contributed by atoms with van der Waals surface area (Å²) in [5, 5.41) is 0.509. The molecule has 1 fully saturated rings. The number of hydrogen-bond acceptors (Lipinski definition) is 1. The summed E-state index contributed by atoms with van der Waals surface area (Å²) in [7, 11) is 0. The Bertz CT molecular complexity index is 399. The molecule has 0 heterocycles. The highest BCUT2D eigenvalue weighted by molar-refractivity contribution is 6.49. The van der Waals surface area contributed by atoms with Crippen molar-refractivity contribution >= 4 is 22.9 Å². The molecule has 1 saturated carbocycles. The van der Waals surface area contributed by atoms with E-state index in [1.165, 1.54) is 43.7 Å². The monoisotopic (exact) mass is 248 g/mol. The molecule has 0 bridgehead atoms. The topological polar surface area (TPSA) is 17.1 Å². The predicted octanol–water partition coefficient (Wildman–Crippen LogP) is 4.51. The molecule has 1 nitrogen and oxygen atoms in total. The average molecular weight is 249 g/mol. The van der Waals surface area contributed by atoms with Crippen LogP contribution in [0.25, 0.3) is 5.03 Å². The van der Waals surface area contributed by atoms with Gasteiger partial charge in [0.05, 0.1) is 5.03 Å². The van der Waals surface area contributed by atoms with Gasteiger partial charge < -0.3 is 0 Å². The summed E-state index contributed by atoms with van der Waals surface area (Å²) < 4.78 is 0. The third kappa shape index (κ3) is 3.19. The first-order valence-electron chi connectivity index (χ1n) is 6.22. The third-order valence-corrected chi connectivity index (χ3v) is 3.82. The Morgan fingerprint density at radius 3 is 2.35 bits per heavy atom. The van der Waals surface area contributed by atoms with E-state index in [9.17, 15) is 4.79 Å². The summed E-state index contributed by atoms with van der Waals surface area (Å²) >= 11 is 5.97. The minimum atomic E-state index is 0.509. The molecule has 0 amide bonds. The van der Waals surface area contributed by atoms with E-state index in [0.29, 0.717) is 11.0 Å². The summed E-state index contributed by atoms with van der Waals surface area (Å²) in [6, 6.07) is 8.30. The van der Waals surface area contributed by atoms with Crippen molar-refractivity contribution in [3.8, 4) is 0 Å². The maximum Gasteiger partial charge on any atom is 0.144 e. The Balaban J connectivity index is 2.12. The van der Waals surface area contributed by atoms with E-state index in [2.05, 4.69) is 12.1 Å². The summed E-state index contributed by atoms with van der Waals surface area (Å²) in [5.74, 6) is 0.714. The van der Waals surface area contributed by atoms with Crippen molar-refractivity contribution in [2.45, 2.75) is 38.0 Å². The van der Waals surface area contributed by atoms with Crippen molar-refractivity contribution in [1.82, 2.24) is 0 Å². The summed E-state index contributed by atoms with van der Waals surface area (Å²) in [4.78, 5) is 10.3. The molecule has 1 aliphatic carbocycles. The molecule has 0 saturated heterocycles. The number of carbonyl (C=O) groups is 1. The molecule has 0 N–H and O–H groups in total. The van der Waals surface area contributed by atoms with Crippen LogP contribution in [0.5, 0.6) is 0 Å². The van der Waals surface area contributed by atoms with Crippen LogP contribution < -0.4 is 0 Å². The lowest BCUT2D eigenvalue weighted by Crippen LogP contribution is -2.04. The average Bonchev–Trinajstić information content (AvgIpc) is 2.40. The fraction of sp³-hybridized carbons (Fsp3) is 0.400. The second-order valence-electron chi connectivity index (χ2n) is 4.61. The zero-order chi connectivity index (χ0) is 12.1. The first-order valence-corrected chi connectivity index (χ1v) is 6.60. The van der Waals surface area contributed by atoms with Gasteiger partial charge in [-0.3, -0.25) is 4.79 Å². The lowest BCUT2D eigenvalue weighted by molar-refractivity contribution is -0.104. The Labute approximate surface area is 107 Å². The summed E-state index contributed by atoms with van der Waals surface area (Å²) in [6.45, 7) is 0. The first kappa shape index (κ1) is 12.4. The Morgan fingerprint density at radius 2 is 1.76 bits per heavy atom. The van der Waals surface area contributed by atoms with Gasteiger partial charge in [0, 0.05) is 0 Å². The molecular weight excluding hydrogens is 232 g/mol. The highest BCUT2D eigenvalue weighted by Gasteiger charge is 2.15. The fourth-order valence-electron chi connectivity index (χ4n) is 2.51. The lowest BCUT2D eigenvalue weighted by atomic mass is 9.84. The third-order valence-electron chi connectivity index (χ3n) is 3.48. The number of aldehydes is 1. The maximum atomic E-state index is 10.3. The zero-order valence-electron chi connectivity index (χ0n) is 9.86.